The number of benzene rings is 1. The van der Waals surface area contributed by atoms with Gasteiger partial charge in [0.15, 0.2) is 6.23 Å². The molecule has 4 rings (SSSR count). The van der Waals surface area contributed by atoms with Crippen LogP contribution in [0.4, 0.5) is 0 Å². The van der Waals surface area contributed by atoms with Gasteiger partial charge in [-0.15, -0.1) is 0 Å². The van der Waals surface area contributed by atoms with Crippen LogP contribution in [0.15, 0.2) is 62.4 Å². The number of azide groups is 2. The second-order valence-corrected chi connectivity index (χ2v) is 24.1. The smallest absolute Gasteiger partial charge is 0.340 e. The van der Waals surface area contributed by atoms with Crippen molar-refractivity contribution in [2.75, 3.05) is 39.4 Å². The number of carbonyl (C=O) groups excluding carboxylic acids is 2. The van der Waals surface area contributed by atoms with Gasteiger partial charge in [0.25, 0.3) is 11.5 Å². The van der Waals surface area contributed by atoms with E-state index in [4.69, 9.17) is 33.5 Å². The van der Waals surface area contributed by atoms with E-state index in [1.54, 1.807) is 18.2 Å². The molecule has 0 saturated carbocycles. The maximum absolute atomic E-state index is 14.2. The molecule has 2 aliphatic heterocycles. The zero-order valence-electron chi connectivity index (χ0n) is 33.5. The molecule has 2 aromatic rings. The molecule has 20 heteroatoms. The van der Waals surface area contributed by atoms with Crippen molar-refractivity contribution in [3.05, 3.63) is 89.9 Å². The molecule has 4 atom stereocenters. The molecule has 3 heterocycles. The summed E-state index contributed by atoms with van der Waals surface area (Å²) >= 11 is 0. The fraction of sp³-hybridized carbons (Fsp3) is 0.667. The summed E-state index contributed by atoms with van der Waals surface area (Å²) in [5.74, 6) is -1.22. The van der Waals surface area contributed by atoms with Gasteiger partial charge >= 0.3 is 22.8 Å². The van der Waals surface area contributed by atoms with Gasteiger partial charge in [-0.1, -0.05) is 83.8 Å². The van der Waals surface area contributed by atoms with Crippen LogP contribution in [0, 0.1) is 0 Å². The van der Waals surface area contributed by atoms with Crippen LogP contribution < -0.4 is 11.2 Å². The number of hydrogen-bond acceptors (Lipinski definition) is 11. The van der Waals surface area contributed by atoms with Gasteiger partial charge in [-0.25, -0.2) is 4.79 Å². The van der Waals surface area contributed by atoms with Gasteiger partial charge in [0.05, 0.1) is 6.61 Å². The molecule has 0 N–H and O–H groups in total. The molecule has 1 aromatic heterocycles. The molecule has 1 aromatic carbocycles. The molecule has 0 radical (unpaired) electrons. The van der Waals surface area contributed by atoms with Crippen LogP contribution in [0.5, 0.6) is 0 Å². The van der Waals surface area contributed by atoms with Crippen molar-refractivity contribution in [2.45, 2.75) is 115 Å². The van der Waals surface area contributed by atoms with Crippen LogP contribution >= 0.6 is 0 Å². The van der Waals surface area contributed by atoms with Crippen molar-refractivity contribution in [3.63, 3.8) is 0 Å². The van der Waals surface area contributed by atoms with Crippen LogP contribution in [-0.2, 0) is 27.2 Å². The van der Waals surface area contributed by atoms with E-state index in [2.05, 4.69) is 75.4 Å². The van der Waals surface area contributed by atoms with Gasteiger partial charge in [-0.05, 0) is 58.2 Å². The predicted octanol–water partition coefficient (Wildman–Crippen LogP) is 6.17. The van der Waals surface area contributed by atoms with Crippen LogP contribution in [0.2, 0.25) is 22.2 Å². The number of fused-ring (bicyclic) bond motifs is 1. The third kappa shape index (κ3) is 9.70. The Bertz CT molecular complexity index is 1840. The Balaban J connectivity index is 1.82. The lowest BCUT2D eigenvalue weighted by atomic mass is 10.1. The van der Waals surface area contributed by atoms with Crippen LogP contribution in [-0.4, -0.2) is 101 Å². The number of aromatic nitrogens is 2. The van der Waals surface area contributed by atoms with E-state index in [1.165, 1.54) is 23.2 Å². The van der Waals surface area contributed by atoms with E-state index in [-0.39, 0.29) is 60.5 Å². The van der Waals surface area contributed by atoms with E-state index in [9.17, 15) is 19.2 Å². The minimum atomic E-state index is -3.26. The molecule has 2 aliphatic rings. The Kier molecular flexibility index (Phi) is 15.8. The first-order chi connectivity index (χ1) is 26.6. The summed E-state index contributed by atoms with van der Waals surface area (Å²) in [5.41, 5.74) is 15.8. The average Bonchev–Trinajstić information content (AvgIpc) is 3.48. The monoisotopic (exact) mass is 813 g/mol. The third-order valence-corrected chi connectivity index (χ3v) is 20.6. The van der Waals surface area contributed by atoms with Gasteiger partial charge in [0, 0.05) is 53.8 Å². The third-order valence-electron chi connectivity index (χ3n) is 10.4. The minimum absolute atomic E-state index is 0.0422. The molecular formula is C36H55N9O9Si2. The van der Waals surface area contributed by atoms with Crippen molar-refractivity contribution in [3.8, 4) is 0 Å². The van der Waals surface area contributed by atoms with Gasteiger partial charge in [0.1, 0.15) is 24.9 Å². The summed E-state index contributed by atoms with van der Waals surface area (Å²) < 4.78 is 36.4. The lowest BCUT2D eigenvalue weighted by molar-refractivity contribution is -0.143. The maximum atomic E-state index is 14.2. The van der Waals surface area contributed by atoms with Gasteiger partial charge in [-0.2, -0.15) is 4.57 Å². The average molecular weight is 814 g/mol. The van der Waals surface area contributed by atoms with Crippen molar-refractivity contribution in [1.29, 1.82) is 0 Å². The highest BCUT2D eigenvalue weighted by Gasteiger charge is 2.62. The summed E-state index contributed by atoms with van der Waals surface area (Å²) in [7, 11) is -6.26. The highest BCUT2D eigenvalue weighted by molar-refractivity contribution is 6.84. The Labute approximate surface area is 328 Å². The van der Waals surface area contributed by atoms with E-state index >= 15 is 0 Å². The number of nitrogens with zero attached hydrogens (tertiary/aromatic N) is 9. The SMILES string of the molecule is CC(C)[Si]1(C(C)C)OC[C@H]2O[C@@H](n3ccc(=O)n(C(=O)c4ccccc4)c3=O)[C@H](OCC(=O)N(CCCN=[N+]=[N-])CCCN=[N+]=[N-])[C@@H]2O[Si](C(C)C)(C(C)C)O1. The Morgan fingerprint density at radius 2 is 1.46 bits per heavy atom. The Hall–Kier alpha value is -4.11. The maximum Gasteiger partial charge on any atom is 0.340 e. The second-order valence-electron chi connectivity index (χ2n) is 15.2. The summed E-state index contributed by atoms with van der Waals surface area (Å²) in [4.78, 5) is 61.9. The fourth-order valence-corrected chi connectivity index (χ4v) is 18.7. The fourth-order valence-electron chi connectivity index (χ4n) is 7.48. The standard InChI is InChI=1S/C36H55N9O9Si2/c1-24(2)55(25(3)4)51-22-29-32(53-56(54-55,26(5)6)27(7)8)33(50-23-31(47)43(19-12-17-39-41-37)20-13-18-40-42-38)35(52-29)44-21-16-30(46)45(36(44)49)34(48)28-14-10-9-11-15-28/h9-11,14-16,21,24-27,29,32-33,35H,12-13,17-20,22-23H2,1-8H3/t29-,32-,33-,35-/m1/s1. The van der Waals surface area contributed by atoms with E-state index in [1.807, 2.05) is 0 Å². The second kappa shape index (κ2) is 19.8. The normalized spacial score (nSPS) is 21.6. The molecule has 2 fully saturated rings. The number of hydrogen-bond donors (Lipinski definition) is 0. The Morgan fingerprint density at radius 3 is 2.00 bits per heavy atom. The van der Waals surface area contributed by atoms with Crippen molar-refractivity contribution >= 4 is 28.9 Å². The molecule has 56 heavy (non-hydrogen) atoms. The zero-order chi connectivity index (χ0) is 41.2. The first-order valence-corrected chi connectivity index (χ1v) is 23.1. The number of rotatable bonds is 17. The van der Waals surface area contributed by atoms with Gasteiger partial charge in [0.2, 0.25) is 5.91 Å². The summed E-state index contributed by atoms with van der Waals surface area (Å²) in [6.45, 7) is 17.0. The molecular weight excluding hydrogens is 759 g/mol. The van der Waals surface area contributed by atoms with Crippen molar-refractivity contribution in [1.82, 2.24) is 14.0 Å². The zero-order valence-corrected chi connectivity index (χ0v) is 35.5. The molecule has 18 nitrogen and oxygen atoms in total. The van der Waals surface area contributed by atoms with E-state index in [0.717, 1.165) is 10.6 Å². The van der Waals surface area contributed by atoms with Crippen molar-refractivity contribution < 1.29 is 32.0 Å². The number of carbonyl (C=O) groups is 2. The number of amides is 1. The highest BCUT2D eigenvalue weighted by atomic mass is 28.5. The molecule has 0 bridgehead atoms. The lowest BCUT2D eigenvalue weighted by Gasteiger charge is -2.51. The molecule has 0 spiro atoms. The van der Waals surface area contributed by atoms with Crippen LogP contribution in [0.25, 0.3) is 20.9 Å². The molecule has 306 valence electrons. The van der Waals surface area contributed by atoms with E-state index in [0.29, 0.717) is 17.4 Å². The first kappa shape index (κ1) is 44.6. The van der Waals surface area contributed by atoms with Gasteiger partial charge < -0.3 is 27.3 Å². The topological polar surface area (TPSA) is 225 Å². The quantitative estimate of drug-likeness (QED) is 0.0585. The summed E-state index contributed by atoms with van der Waals surface area (Å²) in [6, 6.07) is 9.10. The van der Waals surface area contributed by atoms with E-state index < -0.39 is 71.3 Å². The lowest BCUT2D eigenvalue weighted by Crippen LogP contribution is -2.66. The van der Waals surface area contributed by atoms with Crippen LogP contribution in [0.3, 0.4) is 0 Å². The summed E-state index contributed by atoms with van der Waals surface area (Å²) in [5, 5.41) is 7.14. The molecule has 0 aliphatic carbocycles. The van der Waals surface area contributed by atoms with Crippen LogP contribution in [0.1, 0.15) is 84.8 Å². The predicted molar refractivity (Wildman–Crippen MR) is 212 cm³/mol. The highest BCUT2D eigenvalue weighted by Crippen LogP contribution is 2.48. The summed E-state index contributed by atoms with van der Waals surface area (Å²) in [6.07, 6.45) is -2.03. The van der Waals surface area contributed by atoms with Crippen molar-refractivity contribution in [2.24, 2.45) is 10.2 Å². The Morgan fingerprint density at radius 1 is 0.893 bits per heavy atom. The minimum Gasteiger partial charge on any atom is -0.414 e. The number of ether oxygens (including phenoxy) is 2. The molecule has 0 unspecified atom stereocenters. The molecule has 2 saturated heterocycles. The first-order valence-electron chi connectivity index (χ1n) is 19.2. The molecule has 1 amide bonds. The largest absolute Gasteiger partial charge is 0.414 e. The van der Waals surface area contributed by atoms with Gasteiger partial charge in [-0.3, -0.25) is 19.0 Å².